The maximum absolute atomic E-state index is 4.79. The smallest absolute Gasteiger partial charge is 0.168 e. The van der Waals surface area contributed by atoms with E-state index in [1.54, 1.807) is 0 Å². The van der Waals surface area contributed by atoms with Crippen LogP contribution in [-0.2, 0) is 0 Å². The summed E-state index contributed by atoms with van der Waals surface area (Å²) < 4.78 is 2.16. The van der Waals surface area contributed by atoms with Gasteiger partial charge in [0.05, 0.1) is 0 Å². The van der Waals surface area contributed by atoms with Gasteiger partial charge < -0.3 is 0 Å². The molecule has 0 bridgehead atoms. The number of para-hydroxylation sites is 1. The zero-order chi connectivity index (χ0) is 53.2. The summed E-state index contributed by atoms with van der Waals surface area (Å²) in [6.45, 7) is 7.97. The van der Waals surface area contributed by atoms with Crippen LogP contribution in [0.5, 0.6) is 0 Å². The lowest BCUT2D eigenvalue weighted by atomic mass is 9.84. The van der Waals surface area contributed by atoms with Crippen molar-refractivity contribution < 1.29 is 0 Å². The minimum atomic E-state index is 0.798. The second-order valence-corrected chi connectivity index (χ2v) is 20.1. The van der Waals surface area contributed by atoms with Gasteiger partial charge in [0.15, 0.2) is 11.6 Å². The van der Waals surface area contributed by atoms with Gasteiger partial charge in [0, 0.05) is 16.8 Å². The number of aryl methyl sites for hydroxylation is 1. The van der Waals surface area contributed by atoms with Crippen molar-refractivity contribution in [2.45, 2.75) is 13.8 Å². The minimum absolute atomic E-state index is 0.798. The number of fused-ring (bicyclic) bond motifs is 5. The quantitative estimate of drug-likeness (QED) is 0.142. The van der Waals surface area contributed by atoms with E-state index in [4.69, 9.17) is 10.2 Å². The fourth-order valence-corrected chi connectivity index (χ4v) is 11.7. The maximum atomic E-state index is 4.79. The zero-order valence-electron chi connectivity index (χ0n) is 44.2. The molecule has 14 rings (SSSR count). The first-order valence-electron chi connectivity index (χ1n) is 27.0. The Labute approximate surface area is 460 Å². The predicted octanol–water partition coefficient (Wildman–Crippen LogP) is 18.8. The Morgan fingerprint density at radius 3 is 1.41 bits per heavy atom. The highest BCUT2D eigenvalue weighted by Crippen LogP contribution is 2.46. The van der Waals surface area contributed by atoms with Gasteiger partial charge in [-0.15, -0.1) is 10.2 Å². The Kier molecular flexibility index (Phi) is 12.9. The van der Waals surface area contributed by atoms with E-state index in [0.717, 1.165) is 34.0 Å². The standard InChI is InChI=1S/C65H43N3.C11H12/c1-42-53-25-10-11-26-55(53)63(51-36-31-43-17-8-9-20-47(43)39-51)60-41-49(37-38-54(42)60)48-21-16-22-50(40-48)62-58-29-14-12-27-56(58)61(57-28-13-15-30-59(57)62)44-32-34-46(35-33-44)65-67-66-64(45-18-4-2-5-19-45)68(65)52-23-6-3-7-24-52;1-3-7-11-9-6-5-8-10(11)4-2/h2-41H,1H3;3-9H,1H2,2H3/b;10-4-,11-7-. The summed E-state index contributed by atoms with van der Waals surface area (Å²) in [5, 5.41) is 24.5. The Hall–Kier alpha value is -10.2. The number of hydrogen-bond acceptors (Lipinski definition) is 2. The van der Waals surface area contributed by atoms with Crippen LogP contribution in [0.15, 0.2) is 280 Å². The Balaban J connectivity index is 0.000000483. The van der Waals surface area contributed by atoms with Crippen molar-refractivity contribution in [2.24, 2.45) is 0 Å². The maximum Gasteiger partial charge on any atom is 0.168 e. The third-order valence-electron chi connectivity index (χ3n) is 15.5. The molecule has 3 heteroatoms. The van der Waals surface area contributed by atoms with Crippen LogP contribution in [0.4, 0.5) is 0 Å². The van der Waals surface area contributed by atoms with Crippen molar-refractivity contribution in [3.05, 3.63) is 296 Å². The topological polar surface area (TPSA) is 30.7 Å². The van der Waals surface area contributed by atoms with Gasteiger partial charge >= 0.3 is 0 Å². The van der Waals surface area contributed by atoms with E-state index in [1.165, 1.54) is 109 Å². The highest BCUT2D eigenvalue weighted by atomic mass is 15.3. The molecule has 79 heavy (non-hydrogen) atoms. The summed E-state index contributed by atoms with van der Waals surface area (Å²) in [5.74, 6) is 1.61. The molecule has 0 amide bonds. The average Bonchev–Trinajstić information content (AvgIpc) is 3.97. The van der Waals surface area contributed by atoms with Crippen molar-refractivity contribution in [3.63, 3.8) is 0 Å². The van der Waals surface area contributed by atoms with Crippen LogP contribution in [0.3, 0.4) is 0 Å². The first kappa shape index (κ1) is 48.4. The van der Waals surface area contributed by atoms with Gasteiger partial charge in [-0.2, -0.15) is 0 Å². The van der Waals surface area contributed by atoms with E-state index >= 15 is 0 Å². The Morgan fingerprint density at radius 2 is 0.759 bits per heavy atom. The van der Waals surface area contributed by atoms with Gasteiger partial charge in [-0.3, -0.25) is 4.57 Å². The summed E-state index contributed by atoms with van der Waals surface area (Å²) in [6, 6.07) is 96.2. The Morgan fingerprint density at radius 1 is 0.329 bits per heavy atom. The molecular weight excluding hydrogens is 955 g/mol. The molecule has 1 aromatic heterocycles. The molecule has 0 N–H and O–H groups in total. The van der Waals surface area contributed by atoms with Gasteiger partial charge in [0.25, 0.3) is 0 Å². The third-order valence-corrected chi connectivity index (χ3v) is 15.5. The van der Waals surface area contributed by atoms with Gasteiger partial charge in [-0.05, 0) is 159 Å². The number of rotatable bonds is 8. The fraction of sp³-hybridized carbons (Fsp3) is 0.0263. The number of allylic oxidation sites excluding steroid dienone is 1. The highest BCUT2D eigenvalue weighted by molar-refractivity contribution is 6.22. The first-order valence-corrected chi connectivity index (χ1v) is 27.0. The van der Waals surface area contributed by atoms with Crippen LogP contribution in [0, 0.1) is 6.92 Å². The molecule has 0 unspecified atom stereocenters. The zero-order valence-corrected chi connectivity index (χ0v) is 44.2. The lowest BCUT2D eigenvalue weighted by Crippen LogP contribution is -2.22. The van der Waals surface area contributed by atoms with Crippen LogP contribution < -0.4 is 10.4 Å². The minimum Gasteiger partial charge on any atom is -0.275 e. The van der Waals surface area contributed by atoms with E-state index in [0.29, 0.717) is 0 Å². The first-order chi connectivity index (χ1) is 39.0. The molecule has 0 saturated carbocycles. The molecule has 1 heterocycles. The van der Waals surface area contributed by atoms with E-state index in [9.17, 15) is 0 Å². The third kappa shape index (κ3) is 8.97. The van der Waals surface area contributed by atoms with Gasteiger partial charge in [-0.1, -0.05) is 261 Å². The fourth-order valence-electron chi connectivity index (χ4n) is 11.7. The van der Waals surface area contributed by atoms with Crippen LogP contribution >= 0.6 is 0 Å². The van der Waals surface area contributed by atoms with E-state index in [1.807, 2.05) is 55.5 Å². The van der Waals surface area contributed by atoms with Crippen LogP contribution in [-0.4, -0.2) is 14.8 Å². The normalized spacial score (nSPS) is 11.9. The SMILES string of the molecule is C=C/C=c1/cccc/c1=C/C.Cc1c2ccccc2c(-c2ccc3ccccc3c2)c2cc(-c3cccc(-c4c5ccccc5c(-c5ccc(-c6nnc(-c7ccccc7)n6-c6ccccc6)cc5)c5ccccc45)c3)ccc12. The summed E-state index contributed by atoms with van der Waals surface area (Å²) >= 11 is 0. The second-order valence-electron chi connectivity index (χ2n) is 20.1. The van der Waals surface area contributed by atoms with Crippen LogP contribution in [0.2, 0.25) is 0 Å². The number of benzene rings is 13. The molecule has 3 nitrogen and oxygen atoms in total. The number of hydrogen-bond donors (Lipinski definition) is 0. The summed E-state index contributed by atoms with van der Waals surface area (Å²) in [7, 11) is 0. The molecule has 0 aliphatic heterocycles. The summed E-state index contributed by atoms with van der Waals surface area (Å²) in [4.78, 5) is 0. The molecule has 0 fully saturated rings. The summed E-state index contributed by atoms with van der Waals surface area (Å²) in [5.41, 5.74) is 14.0. The highest BCUT2D eigenvalue weighted by Gasteiger charge is 2.21. The van der Waals surface area contributed by atoms with E-state index in [-0.39, 0.29) is 0 Å². The molecular formula is C76H55N3. The lowest BCUT2D eigenvalue weighted by molar-refractivity contribution is 1.07. The van der Waals surface area contributed by atoms with Gasteiger partial charge in [0.1, 0.15) is 0 Å². The molecule has 13 aromatic carbocycles. The predicted molar refractivity (Wildman–Crippen MR) is 337 cm³/mol. The second kappa shape index (κ2) is 21.1. The van der Waals surface area contributed by atoms with Crippen molar-refractivity contribution in [1.82, 2.24) is 14.8 Å². The van der Waals surface area contributed by atoms with Crippen LogP contribution in [0.25, 0.3) is 139 Å². The molecule has 14 aromatic rings. The van der Waals surface area contributed by atoms with E-state index in [2.05, 4.69) is 255 Å². The largest absolute Gasteiger partial charge is 0.275 e. The molecule has 0 saturated heterocycles. The molecule has 0 aliphatic rings. The van der Waals surface area contributed by atoms with Crippen molar-refractivity contribution in [2.75, 3.05) is 0 Å². The van der Waals surface area contributed by atoms with Crippen molar-refractivity contribution in [3.8, 4) is 73.0 Å². The van der Waals surface area contributed by atoms with Crippen LogP contribution in [0.1, 0.15) is 12.5 Å². The number of aromatic nitrogens is 3. The Bertz CT molecular complexity index is 4690. The molecule has 374 valence electrons. The van der Waals surface area contributed by atoms with E-state index < -0.39 is 0 Å². The molecule has 0 radical (unpaired) electrons. The van der Waals surface area contributed by atoms with Gasteiger partial charge in [0.2, 0.25) is 0 Å². The average molecular weight is 1010 g/mol. The molecule has 0 spiro atoms. The van der Waals surface area contributed by atoms with Crippen molar-refractivity contribution >= 4 is 66.0 Å². The molecule has 0 aliphatic carbocycles. The number of nitrogens with zero attached hydrogens (tertiary/aromatic N) is 3. The molecule has 0 atom stereocenters. The lowest BCUT2D eigenvalue weighted by Gasteiger charge is -2.19. The monoisotopic (exact) mass is 1010 g/mol. The summed E-state index contributed by atoms with van der Waals surface area (Å²) in [6.07, 6.45) is 5.91. The van der Waals surface area contributed by atoms with Crippen molar-refractivity contribution in [1.29, 1.82) is 0 Å². The van der Waals surface area contributed by atoms with Gasteiger partial charge in [-0.25, -0.2) is 0 Å².